The number of nitrogens with zero attached hydrogens (tertiary/aromatic N) is 1. The predicted octanol–water partition coefficient (Wildman–Crippen LogP) is 2.95. The lowest BCUT2D eigenvalue weighted by atomic mass is 10.3. The summed E-state index contributed by atoms with van der Waals surface area (Å²) in [4.78, 5) is 4.16. The number of ether oxygens (including phenoxy) is 2. The minimum atomic E-state index is -0.0917. The average Bonchev–Trinajstić information content (AvgIpc) is 2.46. The molecule has 1 heterocycles. The molecule has 5 heteroatoms. The topological polar surface area (TPSA) is 81.2 Å². The van der Waals surface area contributed by atoms with Gasteiger partial charge in [0.05, 0.1) is 6.61 Å². The second-order valence-corrected chi connectivity index (χ2v) is 4.17. The maximum atomic E-state index is 7.38. The third-order valence-electron chi connectivity index (χ3n) is 2.52. The Morgan fingerprint density at radius 1 is 1.15 bits per heavy atom. The monoisotopic (exact) mass is 271 g/mol. The SMILES string of the molecule is CCCOc1ccccc1Oc1cccc(C(=N)N)n1. The van der Waals surface area contributed by atoms with Crippen LogP contribution in [0.25, 0.3) is 0 Å². The number of pyridine rings is 1. The van der Waals surface area contributed by atoms with E-state index in [1.54, 1.807) is 18.2 Å². The van der Waals surface area contributed by atoms with E-state index in [0.29, 0.717) is 29.7 Å². The minimum Gasteiger partial charge on any atom is -0.490 e. The van der Waals surface area contributed by atoms with Crippen molar-refractivity contribution in [3.63, 3.8) is 0 Å². The molecular formula is C15H17N3O2. The molecule has 0 aliphatic carbocycles. The van der Waals surface area contributed by atoms with Crippen LogP contribution in [0.3, 0.4) is 0 Å². The van der Waals surface area contributed by atoms with E-state index >= 15 is 0 Å². The van der Waals surface area contributed by atoms with Crippen molar-refractivity contribution in [2.45, 2.75) is 13.3 Å². The van der Waals surface area contributed by atoms with Crippen molar-refractivity contribution in [3.05, 3.63) is 48.2 Å². The van der Waals surface area contributed by atoms with Gasteiger partial charge in [-0.1, -0.05) is 25.1 Å². The van der Waals surface area contributed by atoms with E-state index < -0.39 is 0 Å². The molecule has 5 nitrogen and oxygen atoms in total. The van der Waals surface area contributed by atoms with Crippen LogP contribution in [0.2, 0.25) is 0 Å². The van der Waals surface area contributed by atoms with Gasteiger partial charge < -0.3 is 15.2 Å². The first-order valence-electron chi connectivity index (χ1n) is 6.42. The number of aromatic nitrogens is 1. The van der Waals surface area contributed by atoms with E-state index in [2.05, 4.69) is 4.98 Å². The summed E-state index contributed by atoms with van der Waals surface area (Å²) in [6.07, 6.45) is 0.923. The van der Waals surface area contributed by atoms with Crippen molar-refractivity contribution in [1.82, 2.24) is 4.98 Å². The van der Waals surface area contributed by atoms with E-state index in [9.17, 15) is 0 Å². The van der Waals surface area contributed by atoms with Crippen LogP contribution in [-0.2, 0) is 0 Å². The van der Waals surface area contributed by atoms with Crippen molar-refractivity contribution in [3.8, 4) is 17.4 Å². The van der Waals surface area contributed by atoms with Crippen molar-refractivity contribution in [2.75, 3.05) is 6.61 Å². The molecule has 0 amide bonds. The summed E-state index contributed by atoms with van der Waals surface area (Å²) in [6.45, 7) is 2.67. The van der Waals surface area contributed by atoms with Crippen LogP contribution < -0.4 is 15.2 Å². The van der Waals surface area contributed by atoms with E-state index in [1.165, 1.54) is 0 Å². The number of nitrogens with one attached hydrogen (secondary N) is 1. The molecule has 1 aromatic carbocycles. The Bertz CT molecular complexity index is 599. The highest BCUT2D eigenvalue weighted by Gasteiger charge is 2.07. The van der Waals surface area contributed by atoms with Crippen molar-refractivity contribution < 1.29 is 9.47 Å². The molecule has 2 aromatic rings. The van der Waals surface area contributed by atoms with Crippen molar-refractivity contribution >= 4 is 5.84 Å². The number of rotatable bonds is 6. The molecular weight excluding hydrogens is 254 g/mol. The van der Waals surface area contributed by atoms with Crippen LogP contribution in [0.15, 0.2) is 42.5 Å². The smallest absolute Gasteiger partial charge is 0.220 e. The maximum Gasteiger partial charge on any atom is 0.220 e. The van der Waals surface area contributed by atoms with Crippen LogP contribution in [0.4, 0.5) is 0 Å². The molecule has 0 saturated carbocycles. The summed E-state index contributed by atoms with van der Waals surface area (Å²) in [7, 11) is 0. The Morgan fingerprint density at radius 2 is 1.90 bits per heavy atom. The van der Waals surface area contributed by atoms with Crippen molar-refractivity contribution in [1.29, 1.82) is 5.41 Å². The zero-order chi connectivity index (χ0) is 14.4. The third kappa shape index (κ3) is 3.47. The zero-order valence-electron chi connectivity index (χ0n) is 11.3. The quantitative estimate of drug-likeness (QED) is 0.625. The molecule has 3 N–H and O–H groups in total. The molecule has 104 valence electrons. The Kier molecular flexibility index (Phi) is 4.55. The van der Waals surface area contributed by atoms with Gasteiger partial charge in [0, 0.05) is 6.07 Å². The summed E-state index contributed by atoms with van der Waals surface area (Å²) in [5.74, 6) is 1.55. The molecule has 2 rings (SSSR count). The molecule has 0 radical (unpaired) electrons. The summed E-state index contributed by atoms with van der Waals surface area (Å²) in [6, 6.07) is 12.5. The molecule has 1 aromatic heterocycles. The lowest BCUT2D eigenvalue weighted by Crippen LogP contribution is -2.13. The number of hydrogen-bond acceptors (Lipinski definition) is 4. The lowest BCUT2D eigenvalue weighted by molar-refractivity contribution is 0.301. The molecule has 20 heavy (non-hydrogen) atoms. The molecule has 0 bridgehead atoms. The van der Waals surface area contributed by atoms with Gasteiger partial charge in [0.1, 0.15) is 11.5 Å². The number of nitrogens with two attached hydrogens (primary N) is 1. The predicted molar refractivity (Wildman–Crippen MR) is 77.6 cm³/mol. The zero-order valence-corrected chi connectivity index (χ0v) is 11.3. The van der Waals surface area contributed by atoms with Crippen LogP contribution in [0.1, 0.15) is 19.0 Å². The largest absolute Gasteiger partial charge is 0.490 e. The second-order valence-electron chi connectivity index (χ2n) is 4.17. The lowest BCUT2D eigenvalue weighted by Gasteiger charge is -2.11. The summed E-state index contributed by atoms with van der Waals surface area (Å²) in [5, 5.41) is 7.38. The summed E-state index contributed by atoms with van der Waals surface area (Å²) >= 11 is 0. The fourth-order valence-electron chi connectivity index (χ4n) is 1.60. The van der Waals surface area contributed by atoms with Crippen molar-refractivity contribution in [2.24, 2.45) is 5.73 Å². The van der Waals surface area contributed by atoms with E-state index in [-0.39, 0.29) is 5.84 Å². The Morgan fingerprint density at radius 3 is 2.60 bits per heavy atom. The van der Waals surface area contributed by atoms with Gasteiger partial charge in [0.2, 0.25) is 5.88 Å². The third-order valence-corrected chi connectivity index (χ3v) is 2.52. The highest BCUT2D eigenvalue weighted by Crippen LogP contribution is 2.30. The van der Waals surface area contributed by atoms with E-state index in [0.717, 1.165) is 6.42 Å². The van der Waals surface area contributed by atoms with Gasteiger partial charge in [-0.05, 0) is 24.6 Å². The highest BCUT2D eigenvalue weighted by atomic mass is 16.5. The first-order valence-corrected chi connectivity index (χ1v) is 6.42. The Balaban J connectivity index is 2.21. The molecule has 0 unspecified atom stereocenters. The van der Waals surface area contributed by atoms with Crippen LogP contribution >= 0.6 is 0 Å². The van der Waals surface area contributed by atoms with Crippen LogP contribution in [0, 0.1) is 5.41 Å². The molecule has 0 aliphatic heterocycles. The van der Waals surface area contributed by atoms with Gasteiger partial charge in [-0.2, -0.15) is 0 Å². The van der Waals surface area contributed by atoms with E-state index in [1.807, 2.05) is 31.2 Å². The van der Waals surface area contributed by atoms with Crippen LogP contribution in [-0.4, -0.2) is 17.4 Å². The molecule has 0 spiro atoms. The Labute approximate surface area is 117 Å². The first kappa shape index (κ1) is 13.9. The second kappa shape index (κ2) is 6.56. The number of para-hydroxylation sites is 2. The molecule has 0 saturated heterocycles. The van der Waals surface area contributed by atoms with Crippen LogP contribution in [0.5, 0.6) is 17.4 Å². The Hall–Kier alpha value is -2.56. The van der Waals surface area contributed by atoms with Gasteiger partial charge in [-0.25, -0.2) is 4.98 Å². The van der Waals surface area contributed by atoms with Gasteiger partial charge >= 0.3 is 0 Å². The number of hydrogen-bond donors (Lipinski definition) is 2. The molecule has 0 fully saturated rings. The summed E-state index contributed by atoms with van der Waals surface area (Å²) < 4.78 is 11.3. The maximum absolute atomic E-state index is 7.38. The average molecular weight is 271 g/mol. The number of nitrogen functional groups attached to an aromatic ring is 1. The molecule has 0 aliphatic rings. The highest BCUT2D eigenvalue weighted by molar-refractivity contribution is 5.93. The molecule has 0 atom stereocenters. The standard InChI is InChI=1S/C15H17N3O2/c1-2-10-19-12-7-3-4-8-13(12)20-14-9-5-6-11(18-14)15(16)17/h3-9H,2,10H2,1H3,(H3,16,17). The van der Waals surface area contributed by atoms with Gasteiger partial charge in [-0.3, -0.25) is 5.41 Å². The number of benzene rings is 1. The minimum absolute atomic E-state index is 0.0917. The van der Waals surface area contributed by atoms with Gasteiger partial charge in [-0.15, -0.1) is 0 Å². The number of amidine groups is 1. The fourth-order valence-corrected chi connectivity index (χ4v) is 1.60. The fraction of sp³-hybridized carbons (Fsp3) is 0.200. The van der Waals surface area contributed by atoms with Gasteiger partial charge in [0.15, 0.2) is 11.5 Å². The normalized spacial score (nSPS) is 10.1. The first-order chi connectivity index (χ1) is 9.70. The van der Waals surface area contributed by atoms with E-state index in [4.69, 9.17) is 20.6 Å². The summed E-state index contributed by atoms with van der Waals surface area (Å²) in [5.41, 5.74) is 5.80. The van der Waals surface area contributed by atoms with Gasteiger partial charge in [0.25, 0.3) is 0 Å².